The van der Waals surface area contributed by atoms with Gasteiger partial charge in [-0.05, 0) is 32.7 Å². The van der Waals surface area contributed by atoms with Crippen LogP contribution in [0.25, 0.3) is 0 Å². The number of nitrogens with one attached hydrogen (secondary N) is 1. The van der Waals surface area contributed by atoms with Crippen molar-refractivity contribution in [1.82, 2.24) is 5.32 Å². The van der Waals surface area contributed by atoms with Gasteiger partial charge in [-0.1, -0.05) is 50.5 Å². The molecule has 0 aromatic carbocycles. The van der Waals surface area contributed by atoms with E-state index >= 15 is 0 Å². The SMILES string of the molecule is CCCCCNCCOC1(C)C=CC(CC)=CC1. The lowest BCUT2D eigenvalue weighted by Gasteiger charge is -2.28. The number of ether oxygens (including phenoxy) is 1. The summed E-state index contributed by atoms with van der Waals surface area (Å²) in [6.45, 7) is 9.46. The lowest BCUT2D eigenvalue weighted by molar-refractivity contribution is 0.00869. The Kier molecular flexibility index (Phi) is 7.29. The molecule has 0 aromatic rings. The van der Waals surface area contributed by atoms with E-state index in [-0.39, 0.29) is 5.60 Å². The first-order valence-electron chi connectivity index (χ1n) is 7.43. The van der Waals surface area contributed by atoms with E-state index in [1.165, 1.54) is 24.8 Å². The monoisotopic (exact) mass is 251 g/mol. The van der Waals surface area contributed by atoms with Crippen LogP contribution in [0.2, 0.25) is 0 Å². The van der Waals surface area contributed by atoms with Crippen LogP contribution >= 0.6 is 0 Å². The van der Waals surface area contributed by atoms with Gasteiger partial charge in [0, 0.05) is 6.54 Å². The van der Waals surface area contributed by atoms with Crippen molar-refractivity contribution in [3.8, 4) is 0 Å². The molecule has 0 aliphatic heterocycles. The van der Waals surface area contributed by atoms with E-state index < -0.39 is 0 Å². The van der Waals surface area contributed by atoms with Gasteiger partial charge in [0.1, 0.15) is 0 Å². The van der Waals surface area contributed by atoms with Crippen molar-refractivity contribution in [3.63, 3.8) is 0 Å². The molecule has 1 aliphatic rings. The topological polar surface area (TPSA) is 21.3 Å². The van der Waals surface area contributed by atoms with E-state index in [9.17, 15) is 0 Å². The van der Waals surface area contributed by atoms with E-state index in [4.69, 9.17) is 4.74 Å². The maximum Gasteiger partial charge on any atom is 0.0872 e. The summed E-state index contributed by atoms with van der Waals surface area (Å²) in [5, 5.41) is 3.43. The second-order valence-corrected chi connectivity index (χ2v) is 5.29. The van der Waals surface area contributed by atoms with Crippen molar-refractivity contribution in [2.75, 3.05) is 19.7 Å². The Bertz CT molecular complexity index is 283. The lowest BCUT2D eigenvalue weighted by Crippen LogP contribution is -2.31. The Morgan fingerprint density at radius 1 is 1.28 bits per heavy atom. The Labute approximate surface area is 112 Å². The minimum Gasteiger partial charge on any atom is -0.370 e. The maximum atomic E-state index is 5.98. The van der Waals surface area contributed by atoms with Crippen LogP contribution < -0.4 is 5.32 Å². The summed E-state index contributed by atoms with van der Waals surface area (Å²) in [5.41, 5.74) is 1.33. The maximum absolute atomic E-state index is 5.98. The average Bonchev–Trinajstić information content (AvgIpc) is 2.39. The molecule has 1 N–H and O–H groups in total. The van der Waals surface area contributed by atoms with E-state index in [2.05, 4.69) is 44.3 Å². The Balaban J connectivity index is 2.09. The summed E-state index contributed by atoms with van der Waals surface area (Å²) in [4.78, 5) is 0. The minimum absolute atomic E-state index is 0.0935. The molecule has 1 rings (SSSR count). The minimum atomic E-state index is -0.0935. The summed E-state index contributed by atoms with van der Waals surface area (Å²) in [6.07, 6.45) is 12.7. The van der Waals surface area contributed by atoms with Crippen molar-refractivity contribution in [2.24, 2.45) is 0 Å². The van der Waals surface area contributed by atoms with Gasteiger partial charge in [0.2, 0.25) is 0 Å². The van der Waals surface area contributed by atoms with Gasteiger partial charge in [-0.25, -0.2) is 0 Å². The fourth-order valence-electron chi connectivity index (χ4n) is 2.10. The summed E-state index contributed by atoms with van der Waals surface area (Å²) in [5.74, 6) is 0. The predicted molar refractivity (Wildman–Crippen MR) is 78.9 cm³/mol. The molecule has 2 heteroatoms. The molecule has 0 aromatic heterocycles. The van der Waals surface area contributed by atoms with Crippen LogP contribution in [0.5, 0.6) is 0 Å². The van der Waals surface area contributed by atoms with Gasteiger partial charge in [-0.15, -0.1) is 0 Å². The van der Waals surface area contributed by atoms with Gasteiger partial charge in [0.05, 0.1) is 12.2 Å². The fourth-order valence-corrected chi connectivity index (χ4v) is 2.10. The van der Waals surface area contributed by atoms with E-state index in [1.807, 2.05) is 0 Å². The zero-order chi connectivity index (χ0) is 13.3. The summed E-state index contributed by atoms with van der Waals surface area (Å²) < 4.78 is 5.98. The Morgan fingerprint density at radius 2 is 2.11 bits per heavy atom. The highest BCUT2D eigenvalue weighted by molar-refractivity contribution is 5.27. The third-order valence-electron chi connectivity index (χ3n) is 3.50. The van der Waals surface area contributed by atoms with Crippen molar-refractivity contribution < 1.29 is 4.74 Å². The molecule has 104 valence electrons. The second kappa shape index (κ2) is 8.49. The quantitative estimate of drug-likeness (QED) is 0.629. The molecule has 0 fully saturated rings. The molecular weight excluding hydrogens is 222 g/mol. The van der Waals surface area contributed by atoms with E-state index in [0.717, 1.165) is 32.5 Å². The van der Waals surface area contributed by atoms with Gasteiger partial charge in [0.15, 0.2) is 0 Å². The first-order chi connectivity index (χ1) is 8.70. The summed E-state index contributed by atoms with van der Waals surface area (Å²) in [7, 11) is 0. The van der Waals surface area contributed by atoms with Crippen molar-refractivity contribution in [2.45, 2.75) is 58.5 Å². The van der Waals surface area contributed by atoms with Gasteiger partial charge >= 0.3 is 0 Å². The molecule has 18 heavy (non-hydrogen) atoms. The molecule has 2 nitrogen and oxygen atoms in total. The van der Waals surface area contributed by atoms with Crippen LogP contribution in [0.4, 0.5) is 0 Å². The third kappa shape index (κ3) is 5.83. The smallest absolute Gasteiger partial charge is 0.0872 e. The number of allylic oxidation sites excluding steroid dienone is 2. The third-order valence-corrected chi connectivity index (χ3v) is 3.50. The zero-order valence-electron chi connectivity index (χ0n) is 12.3. The molecule has 0 amide bonds. The molecule has 1 unspecified atom stereocenters. The highest BCUT2D eigenvalue weighted by Gasteiger charge is 2.22. The molecule has 1 aliphatic carbocycles. The zero-order valence-corrected chi connectivity index (χ0v) is 12.3. The molecule has 0 saturated heterocycles. The van der Waals surface area contributed by atoms with Crippen molar-refractivity contribution >= 4 is 0 Å². The summed E-state index contributed by atoms with van der Waals surface area (Å²) in [6, 6.07) is 0. The Hall–Kier alpha value is -0.600. The molecule has 0 bridgehead atoms. The Morgan fingerprint density at radius 3 is 2.72 bits per heavy atom. The van der Waals surface area contributed by atoms with E-state index in [0.29, 0.717) is 0 Å². The van der Waals surface area contributed by atoms with Crippen LogP contribution in [-0.2, 0) is 4.74 Å². The van der Waals surface area contributed by atoms with Crippen molar-refractivity contribution in [3.05, 3.63) is 23.8 Å². The largest absolute Gasteiger partial charge is 0.370 e. The average molecular weight is 251 g/mol. The lowest BCUT2D eigenvalue weighted by atomic mass is 9.93. The highest BCUT2D eigenvalue weighted by atomic mass is 16.5. The molecule has 0 saturated carbocycles. The molecule has 0 spiro atoms. The van der Waals surface area contributed by atoms with Gasteiger partial charge in [-0.2, -0.15) is 0 Å². The van der Waals surface area contributed by atoms with Gasteiger partial charge < -0.3 is 10.1 Å². The first-order valence-corrected chi connectivity index (χ1v) is 7.43. The predicted octanol–water partition coefficient (Wildman–Crippen LogP) is 3.84. The normalized spacial score (nSPS) is 23.2. The number of hydrogen-bond acceptors (Lipinski definition) is 2. The molecule has 0 heterocycles. The molecule has 0 radical (unpaired) electrons. The van der Waals surface area contributed by atoms with Crippen molar-refractivity contribution in [1.29, 1.82) is 0 Å². The van der Waals surface area contributed by atoms with Crippen LogP contribution in [0.15, 0.2) is 23.8 Å². The molecule has 1 atom stereocenters. The first kappa shape index (κ1) is 15.5. The van der Waals surface area contributed by atoms with Crippen LogP contribution in [0, 0.1) is 0 Å². The van der Waals surface area contributed by atoms with Gasteiger partial charge in [-0.3, -0.25) is 0 Å². The fraction of sp³-hybridized carbons (Fsp3) is 0.750. The van der Waals surface area contributed by atoms with E-state index in [1.54, 1.807) is 0 Å². The van der Waals surface area contributed by atoms with Gasteiger partial charge in [0.25, 0.3) is 0 Å². The van der Waals surface area contributed by atoms with Crippen LogP contribution in [0.3, 0.4) is 0 Å². The number of unbranched alkanes of at least 4 members (excludes halogenated alkanes) is 2. The number of rotatable bonds is 9. The second-order valence-electron chi connectivity index (χ2n) is 5.29. The summed E-state index contributed by atoms with van der Waals surface area (Å²) >= 11 is 0. The highest BCUT2D eigenvalue weighted by Crippen LogP contribution is 2.25. The molecular formula is C16H29NO. The van der Waals surface area contributed by atoms with Crippen LogP contribution in [0.1, 0.15) is 52.9 Å². The standard InChI is InChI=1S/C16H29NO/c1-4-6-7-12-17-13-14-18-16(3)10-8-15(5-2)9-11-16/h8-10,17H,4-7,11-14H2,1-3H3. The number of hydrogen-bond donors (Lipinski definition) is 1. The van der Waals surface area contributed by atoms with Crippen LogP contribution in [-0.4, -0.2) is 25.3 Å².